The maximum Gasteiger partial charge on any atom is 0.302 e. The van der Waals surface area contributed by atoms with Crippen LogP contribution in [0.3, 0.4) is 0 Å². The van der Waals surface area contributed by atoms with Crippen LogP contribution < -0.4 is 0 Å². The van der Waals surface area contributed by atoms with Crippen LogP contribution in [0.2, 0.25) is 0 Å². The third kappa shape index (κ3) is 4.74. The van der Waals surface area contributed by atoms with Gasteiger partial charge in [-0.3, -0.25) is 4.79 Å². The zero-order valence-corrected chi connectivity index (χ0v) is 14.6. The topological polar surface area (TPSA) is 26.3 Å². The van der Waals surface area contributed by atoms with Crippen LogP contribution in [0.25, 0.3) is 0 Å². The molecule has 0 saturated heterocycles. The number of esters is 1. The minimum absolute atomic E-state index is 0.105. The molecule has 1 rings (SSSR count). The summed E-state index contributed by atoms with van der Waals surface area (Å²) in [7, 11) is -0.105. The third-order valence-electron chi connectivity index (χ3n) is 3.90. The lowest BCUT2D eigenvalue weighted by molar-refractivity contribution is -0.142. The Morgan fingerprint density at radius 2 is 1.63 bits per heavy atom. The molecule has 0 N–H and O–H groups in total. The summed E-state index contributed by atoms with van der Waals surface area (Å²) in [6.07, 6.45) is 3.83. The second-order valence-corrected chi connectivity index (χ2v) is 11.9. The van der Waals surface area contributed by atoms with Crippen molar-refractivity contribution in [2.75, 3.05) is 6.61 Å². The van der Waals surface area contributed by atoms with Crippen LogP contribution in [-0.4, -0.2) is 28.5 Å². The van der Waals surface area contributed by atoms with Gasteiger partial charge in [0.05, 0.1) is 6.61 Å². The Morgan fingerprint density at radius 1 is 1.11 bits per heavy atom. The Labute approximate surface area is 120 Å². The van der Waals surface area contributed by atoms with Gasteiger partial charge in [-0.15, -0.1) is 0 Å². The molecular weight excluding hydrogens is 255 g/mol. The first-order valence-corrected chi connectivity index (χ1v) is 8.87. The van der Waals surface area contributed by atoms with Crippen LogP contribution in [0, 0.1) is 5.92 Å². The number of carbonyl (C=O) groups is 1. The molecule has 2 unspecified atom stereocenters. The first kappa shape index (κ1) is 17.0. The van der Waals surface area contributed by atoms with E-state index < -0.39 is 0 Å². The first-order chi connectivity index (χ1) is 8.53. The summed E-state index contributed by atoms with van der Waals surface area (Å²) in [6, 6.07) is 0. The number of hydrogen-bond acceptors (Lipinski definition) is 2. The molecule has 2 atom stereocenters. The number of carbonyl (C=O) groups excluding carboxylic acids is 1. The third-order valence-corrected chi connectivity index (χ3v) is 8.13. The molecule has 0 spiro atoms. The van der Waals surface area contributed by atoms with Gasteiger partial charge in [0.2, 0.25) is 0 Å². The van der Waals surface area contributed by atoms with E-state index in [0.717, 1.165) is 5.66 Å². The molecule has 1 aliphatic rings. The molecule has 0 amide bonds. The van der Waals surface area contributed by atoms with E-state index in [1.165, 1.54) is 26.2 Å². The number of hydrogen-bond donors (Lipinski definition) is 0. The van der Waals surface area contributed by atoms with E-state index >= 15 is 0 Å². The summed E-state index contributed by atoms with van der Waals surface area (Å²) < 4.78 is 5.30. The van der Waals surface area contributed by atoms with Gasteiger partial charge in [-0.25, -0.2) is 0 Å². The Balaban J connectivity index is 2.86. The number of rotatable bonds is 3. The lowest BCUT2D eigenvalue weighted by Gasteiger charge is -2.47. The highest BCUT2D eigenvalue weighted by Crippen LogP contribution is 2.66. The van der Waals surface area contributed by atoms with Crippen molar-refractivity contribution in [2.24, 2.45) is 5.92 Å². The summed E-state index contributed by atoms with van der Waals surface area (Å²) in [5.74, 6) is 0.440. The molecule has 1 saturated carbocycles. The van der Waals surface area contributed by atoms with Crippen LogP contribution >= 0.6 is 7.92 Å². The molecule has 0 bridgehead atoms. The Kier molecular flexibility index (Phi) is 5.46. The molecule has 112 valence electrons. The van der Waals surface area contributed by atoms with Gasteiger partial charge in [-0.2, -0.15) is 0 Å². The molecule has 3 heteroatoms. The van der Waals surface area contributed by atoms with Crippen LogP contribution in [0.4, 0.5) is 0 Å². The molecule has 0 aromatic rings. The van der Waals surface area contributed by atoms with Crippen LogP contribution in [0.5, 0.6) is 0 Å². The average molecular weight is 286 g/mol. The molecule has 0 aromatic heterocycles. The fourth-order valence-electron chi connectivity index (χ4n) is 3.78. The predicted molar refractivity (Wildman–Crippen MR) is 84.2 cm³/mol. The molecule has 2 nitrogen and oxygen atoms in total. The minimum Gasteiger partial charge on any atom is -0.466 e. The Hall–Kier alpha value is -0.100. The molecule has 1 fully saturated rings. The maximum absolute atomic E-state index is 11.1. The SMILES string of the molecule is CC(=O)OCC1CCCC1P(C(C)(C)C)C(C)(C)C. The van der Waals surface area contributed by atoms with E-state index in [1.54, 1.807) is 0 Å². The van der Waals surface area contributed by atoms with Gasteiger partial charge >= 0.3 is 5.97 Å². The largest absolute Gasteiger partial charge is 0.466 e. The monoisotopic (exact) mass is 286 g/mol. The number of ether oxygens (including phenoxy) is 1. The van der Waals surface area contributed by atoms with Gasteiger partial charge in [0.25, 0.3) is 0 Å². The Bertz CT molecular complexity index is 298. The lowest BCUT2D eigenvalue weighted by atomic mass is 10.1. The lowest BCUT2D eigenvalue weighted by Crippen LogP contribution is -2.34. The van der Waals surface area contributed by atoms with Crippen LogP contribution in [0.1, 0.15) is 67.7 Å². The van der Waals surface area contributed by atoms with E-state index in [-0.39, 0.29) is 13.9 Å². The van der Waals surface area contributed by atoms with Crippen LogP contribution in [-0.2, 0) is 9.53 Å². The quantitative estimate of drug-likeness (QED) is 0.550. The average Bonchev–Trinajstić information content (AvgIpc) is 2.58. The van der Waals surface area contributed by atoms with Gasteiger partial charge in [0, 0.05) is 6.92 Å². The second-order valence-electron chi connectivity index (χ2n) is 7.77. The van der Waals surface area contributed by atoms with Crippen molar-refractivity contribution in [3.63, 3.8) is 0 Å². The molecule has 0 radical (unpaired) electrons. The molecule has 0 heterocycles. The van der Waals surface area contributed by atoms with Gasteiger partial charge in [0.15, 0.2) is 0 Å². The molecule has 0 aliphatic heterocycles. The Morgan fingerprint density at radius 3 is 2.05 bits per heavy atom. The van der Waals surface area contributed by atoms with Gasteiger partial charge in [-0.1, -0.05) is 55.9 Å². The zero-order chi connectivity index (χ0) is 14.8. The van der Waals surface area contributed by atoms with Crippen molar-refractivity contribution in [3.8, 4) is 0 Å². The predicted octanol–water partition coefficient (Wildman–Crippen LogP) is 4.80. The minimum atomic E-state index is -0.138. The highest BCUT2D eigenvalue weighted by molar-refractivity contribution is 7.61. The summed E-state index contributed by atoms with van der Waals surface area (Å²) >= 11 is 0. The normalized spacial score (nSPS) is 24.8. The highest BCUT2D eigenvalue weighted by atomic mass is 31.1. The van der Waals surface area contributed by atoms with Crippen molar-refractivity contribution in [1.82, 2.24) is 0 Å². The molecule has 1 aliphatic carbocycles. The molecule has 0 aromatic carbocycles. The summed E-state index contributed by atoms with van der Waals surface area (Å²) in [6.45, 7) is 16.4. The van der Waals surface area contributed by atoms with E-state index in [0.29, 0.717) is 22.8 Å². The van der Waals surface area contributed by atoms with E-state index in [2.05, 4.69) is 41.5 Å². The van der Waals surface area contributed by atoms with Gasteiger partial charge in [0.1, 0.15) is 0 Å². The van der Waals surface area contributed by atoms with Crippen LogP contribution in [0.15, 0.2) is 0 Å². The van der Waals surface area contributed by atoms with E-state index in [9.17, 15) is 4.79 Å². The van der Waals surface area contributed by atoms with E-state index in [4.69, 9.17) is 4.74 Å². The van der Waals surface area contributed by atoms with Crippen molar-refractivity contribution in [3.05, 3.63) is 0 Å². The fourth-order valence-corrected chi connectivity index (χ4v) is 8.88. The molecular formula is C16H31O2P. The van der Waals surface area contributed by atoms with Crippen molar-refractivity contribution < 1.29 is 9.53 Å². The van der Waals surface area contributed by atoms with Crippen molar-refractivity contribution >= 4 is 13.9 Å². The molecule has 19 heavy (non-hydrogen) atoms. The van der Waals surface area contributed by atoms with E-state index in [1.807, 2.05) is 0 Å². The van der Waals surface area contributed by atoms with Gasteiger partial charge < -0.3 is 4.74 Å². The summed E-state index contributed by atoms with van der Waals surface area (Å²) in [5.41, 5.74) is 0.745. The smallest absolute Gasteiger partial charge is 0.302 e. The maximum atomic E-state index is 11.1. The zero-order valence-electron chi connectivity index (χ0n) is 13.7. The summed E-state index contributed by atoms with van der Waals surface area (Å²) in [5, 5.41) is 0.716. The second kappa shape index (κ2) is 6.12. The van der Waals surface area contributed by atoms with Crippen molar-refractivity contribution in [2.45, 2.75) is 83.7 Å². The standard InChI is InChI=1S/C16H31O2P/c1-12(17)18-11-13-9-8-10-14(13)19(15(2,3)4)16(5,6)7/h13-14H,8-11H2,1-7H3. The summed E-state index contributed by atoms with van der Waals surface area (Å²) in [4.78, 5) is 11.1. The fraction of sp³-hybridized carbons (Fsp3) is 0.938. The van der Waals surface area contributed by atoms with Crippen molar-refractivity contribution in [1.29, 1.82) is 0 Å². The first-order valence-electron chi connectivity index (χ1n) is 7.46. The highest BCUT2D eigenvalue weighted by Gasteiger charge is 2.44. The van der Waals surface area contributed by atoms with Gasteiger partial charge in [-0.05, 0) is 34.7 Å².